The topological polar surface area (TPSA) is 88.2 Å². The molecule has 1 heterocycles. The Morgan fingerprint density at radius 1 is 1.47 bits per heavy atom. The van der Waals surface area contributed by atoms with E-state index in [1.807, 2.05) is 0 Å². The lowest BCUT2D eigenvalue weighted by Crippen LogP contribution is -2.39. The van der Waals surface area contributed by atoms with E-state index < -0.39 is 6.04 Å². The number of aromatic nitrogens is 2. The molecule has 0 bridgehead atoms. The van der Waals surface area contributed by atoms with E-state index in [0.717, 1.165) is 0 Å². The molecule has 0 aliphatic heterocycles. The van der Waals surface area contributed by atoms with Crippen LogP contribution in [-0.2, 0) is 9.53 Å². The highest BCUT2D eigenvalue weighted by molar-refractivity contribution is 9.10. The molecule has 8 heteroatoms. The molecule has 0 fully saturated rings. The standard InChI is InChI=1S/C11H18BrN5O2/c1-7(11(18)14-4-5-19-3)17-10-8(12)9(13-2)15-6-16-10/h6-7H,4-5H2,1-3H3,(H,14,18)(H2,13,15,16,17). The number of nitrogens with one attached hydrogen (secondary N) is 3. The van der Waals surface area contributed by atoms with Gasteiger partial charge in [-0.25, -0.2) is 9.97 Å². The summed E-state index contributed by atoms with van der Waals surface area (Å²) < 4.78 is 5.56. The van der Waals surface area contributed by atoms with Crippen LogP contribution in [0.15, 0.2) is 10.8 Å². The van der Waals surface area contributed by atoms with Crippen LogP contribution in [0.2, 0.25) is 0 Å². The molecule has 0 aliphatic carbocycles. The van der Waals surface area contributed by atoms with Crippen LogP contribution in [0.4, 0.5) is 11.6 Å². The zero-order valence-electron chi connectivity index (χ0n) is 11.2. The van der Waals surface area contributed by atoms with Crippen molar-refractivity contribution in [2.24, 2.45) is 0 Å². The van der Waals surface area contributed by atoms with E-state index in [0.29, 0.717) is 29.3 Å². The Labute approximate surface area is 120 Å². The number of rotatable bonds is 7. The highest BCUT2D eigenvalue weighted by Crippen LogP contribution is 2.26. The van der Waals surface area contributed by atoms with E-state index in [1.165, 1.54) is 6.33 Å². The van der Waals surface area contributed by atoms with Crippen molar-refractivity contribution in [1.82, 2.24) is 15.3 Å². The molecule has 3 N–H and O–H groups in total. The molecular formula is C11H18BrN5O2. The molecule has 0 radical (unpaired) electrons. The lowest BCUT2D eigenvalue weighted by atomic mass is 10.3. The molecule has 0 saturated heterocycles. The maximum absolute atomic E-state index is 11.8. The summed E-state index contributed by atoms with van der Waals surface area (Å²) in [6.45, 7) is 2.73. The predicted octanol–water partition coefficient (Wildman–Crippen LogP) is 0.844. The smallest absolute Gasteiger partial charge is 0.242 e. The third-order valence-corrected chi connectivity index (χ3v) is 3.13. The molecule has 0 spiro atoms. The molecule has 1 aromatic heterocycles. The number of hydrogen-bond acceptors (Lipinski definition) is 6. The van der Waals surface area contributed by atoms with Gasteiger partial charge in [-0.1, -0.05) is 0 Å². The van der Waals surface area contributed by atoms with Gasteiger partial charge in [-0.3, -0.25) is 4.79 Å². The zero-order chi connectivity index (χ0) is 14.3. The molecule has 0 saturated carbocycles. The van der Waals surface area contributed by atoms with Crippen molar-refractivity contribution < 1.29 is 9.53 Å². The number of methoxy groups -OCH3 is 1. The molecule has 7 nitrogen and oxygen atoms in total. The van der Waals surface area contributed by atoms with Crippen molar-refractivity contribution in [2.45, 2.75) is 13.0 Å². The van der Waals surface area contributed by atoms with Crippen molar-refractivity contribution in [3.8, 4) is 0 Å². The SMILES string of the molecule is CNc1ncnc(NC(C)C(=O)NCCOC)c1Br. The normalized spacial score (nSPS) is 11.8. The third kappa shape index (κ3) is 4.64. The number of carbonyl (C=O) groups excluding carboxylic acids is 1. The molecule has 1 atom stereocenters. The lowest BCUT2D eigenvalue weighted by molar-refractivity contribution is -0.121. The first-order valence-corrected chi connectivity index (χ1v) is 6.60. The number of anilines is 2. The second-order valence-corrected chi connectivity index (χ2v) is 4.58. The Morgan fingerprint density at radius 2 is 2.16 bits per heavy atom. The first-order valence-electron chi connectivity index (χ1n) is 5.81. The second kappa shape index (κ2) is 7.90. The first-order chi connectivity index (χ1) is 9.10. The first kappa shape index (κ1) is 15.6. The van der Waals surface area contributed by atoms with E-state index >= 15 is 0 Å². The minimum Gasteiger partial charge on any atom is -0.383 e. The monoisotopic (exact) mass is 331 g/mol. The Kier molecular flexibility index (Phi) is 6.51. The van der Waals surface area contributed by atoms with E-state index in [4.69, 9.17) is 4.74 Å². The van der Waals surface area contributed by atoms with Crippen molar-refractivity contribution in [2.75, 3.05) is 37.9 Å². The molecule has 1 rings (SSSR count). The summed E-state index contributed by atoms with van der Waals surface area (Å²) >= 11 is 3.38. The van der Waals surface area contributed by atoms with Gasteiger partial charge in [0.05, 0.1) is 6.61 Å². The lowest BCUT2D eigenvalue weighted by Gasteiger charge is -2.16. The second-order valence-electron chi connectivity index (χ2n) is 3.78. The van der Waals surface area contributed by atoms with Crippen LogP contribution in [0.1, 0.15) is 6.92 Å². The molecule has 0 aromatic carbocycles. The summed E-state index contributed by atoms with van der Waals surface area (Å²) in [5.74, 6) is 1.10. The van der Waals surface area contributed by atoms with Gasteiger partial charge >= 0.3 is 0 Å². The molecule has 19 heavy (non-hydrogen) atoms. The number of halogens is 1. The van der Waals surface area contributed by atoms with Gasteiger partial charge in [0, 0.05) is 20.7 Å². The maximum atomic E-state index is 11.8. The van der Waals surface area contributed by atoms with Gasteiger partial charge in [-0.2, -0.15) is 0 Å². The van der Waals surface area contributed by atoms with E-state index in [9.17, 15) is 4.79 Å². The fourth-order valence-electron chi connectivity index (χ4n) is 1.34. The quantitative estimate of drug-likeness (QED) is 0.642. The van der Waals surface area contributed by atoms with Crippen molar-refractivity contribution in [3.05, 3.63) is 10.8 Å². The van der Waals surface area contributed by atoms with Gasteiger partial charge in [0.1, 0.15) is 28.5 Å². The van der Waals surface area contributed by atoms with Crippen LogP contribution in [0.25, 0.3) is 0 Å². The maximum Gasteiger partial charge on any atom is 0.242 e. The van der Waals surface area contributed by atoms with E-state index in [2.05, 4.69) is 41.8 Å². The van der Waals surface area contributed by atoms with Crippen LogP contribution in [0, 0.1) is 0 Å². The number of nitrogens with zero attached hydrogens (tertiary/aromatic N) is 2. The van der Waals surface area contributed by atoms with Crippen LogP contribution in [-0.4, -0.2) is 49.2 Å². The summed E-state index contributed by atoms with van der Waals surface area (Å²) in [5.41, 5.74) is 0. The average molecular weight is 332 g/mol. The summed E-state index contributed by atoms with van der Waals surface area (Å²) in [6.07, 6.45) is 1.43. The summed E-state index contributed by atoms with van der Waals surface area (Å²) in [5, 5.41) is 8.70. The summed E-state index contributed by atoms with van der Waals surface area (Å²) in [6, 6.07) is -0.409. The van der Waals surface area contributed by atoms with E-state index in [1.54, 1.807) is 21.1 Å². The number of hydrogen-bond donors (Lipinski definition) is 3. The predicted molar refractivity (Wildman–Crippen MR) is 77.2 cm³/mol. The largest absolute Gasteiger partial charge is 0.383 e. The molecule has 1 aromatic rings. The van der Waals surface area contributed by atoms with Gasteiger partial charge < -0.3 is 20.7 Å². The van der Waals surface area contributed by atoms with Crippen LogP contribution >= 0.6 is 15.9 Å². The highest BCUT2D eigenvalue weighted by Gasteiger charge is 2.15. The highest BCUT2D eigenvalue weighted by atomic mass is 79.9. The fraction of sp³-hybridized carbons (Fsp3) is 0.545. The summed E-state index contributed by atoms with van der Waals surface area (Å²) in [4.78, 5) is 19.9. The number of carbonyl (C=O) groups is 1. The molecule has 0 aliphatic rings. The van der Waals surface area contributed by atoms with Gasteiger partial charge in [0.25, 0.3) is 0 Å². The fourth-order valence-corrected chi connectivity index (χ4v) is 1.86. The average Bonchev–Trinajstić information content (AvgIpc) is 2.41. The van der Waals surface area contributed by atoms with Gasteiger partial charge in [-0.15, -0.1) is 0 Å². The van der Waals surface area contributed by atoms with Crippen LogP contribution < -0.4 is 16.0 Å². The van der Waals surface area contributed by atoms with Crippen molar-refractivity contribution in [3.63, 3.8) is 0 Å². The van der Waals surface area contributed by atoms with E-state index in [-0.39, 0.29) is 5.91 Å². The Bertz CT molecular complexity index is 430. The van der Waals surface area contributed by atoms with Crippen molar-refractivity contribution in [1.29, 1.82) is 0 Å². The minimum atomic E-state index is -0.409. The Balaban J connectivity index is 2.61. The van der Waals surface area contributed by atoms with Gasteiger partial charge in [0.2, 0.25) is 5.91 Å². The van der Waals surface area contributed by atoms with Crippen LogP contribution in [0.3, 0.4) is 0 Å². The van der Waals surface area contributed by atoms with Crippen LogP contribution in [0.5, 0.6) is 0 Å². The van der Waals surface area contributed by atoms with Gasteiger partial charge in [0.15, 0.2) is 0 Å². The zero-order valence-corrected chi connectivity index (χ0v) is 12.7. The molecular weight excluding hydrogens is 314 g/mol. The number of ether oxygens (including phenoxy) is 1. The Morgan fingerprint density at radius 3 is 2.79 bits per heavy atom. The molecule has 1 unspecified atom stereocenters. The molecule has 1 amide bonds. The van der Waals surface area contributed by atoms with Gasteiger partial charge in [-0.05, 0) is 22.9 Å². The van der Waals surface area contributed by atoms with Crippen molar-refractivity contribution >= 4 is 33.5 Å². The minimum absolute atomic E-state index is 0.117. The molecule has 106 valence electrons. The third-order valence-electron chi connectivity index (χ3n) is 2.38. The number of amides is 1. The Hall–Kier alpha value is -1.41. The summed E-state index contributed by atoms with van der Waals surface area (Å²) in [7, 11) is 3.35.